The average molecular weight is 223 g/mol. The van der Waals surface area contributed by atoms with E-state index < -0.39 is 11.4 Å². The summed E-state index contributed by atoms with van der Waals surface area (Å²) in [4.78, 5) is 25.9. The molecule has 0 aromatic carbocycles. The van der Waals surface area contributed by atoms with Crippen molar-refractivity contribution in [3.8, 4) is 0 Å². The number of likely N-dealkylation sites (tertiary alicyclic amines) is 1. The van der Waals surface area contributed by atoms with E-state index in [0.29, 0.717) is 0 Å². The zero-order chi connectivity index (χ0) is 11.9. The van der Waals surface area contributed by atoms with E-state index in [4.69, 9.17) is 4.74 Å². The number of carbonyl (C=O) groups excluding carboxylic acids is 2. The van der Waals surface area contributed by atoms with Crippen LogP contribution in [0.5, 0.6) is 0 Å². The Kier molecular flexibility index (Phi) is 2.52. The standard InChI is InChI=1S/C12H17NO3/c1-8-4-5-9-6-7-13(2)10(14)12(8,9)11(15)16-3/h9H,1,4-7H2,2-3H3/t9-,12+/m1/s1. The molecule has 0 aromatic rings. The summed E-state index contributed by atoms with van der Waals surface area (Å²) in [5.74, 6) is -0.495. The van der Waals surface area contributed by atoms with Crippen molar-refractivity contribution in [2.75, 3.05) is 20.7 Å². The van der Waals surface area contributed by atoms with Crippen LogP contribution in [0, 0.1) is 11.3 Å². The van der Waals surface area contributed by atoms with Crippen LogP contribution in [0.25, 0.3) is 0 Å². The van der Waals surface area contributed by atoms with Crippen molar-refractivity contribution in [3.05, 3.63) is 12.2 Å². The Bertz CT molecular complexity index is 363. The van der Waals surface area contributed by atoms with Gasteiger partial charge in [0.25, 0.3) is 0 Å². The fourth-order valence-electron chi connectivity index (χ4n) is 3.05. The molecule has 88 valence electrons. The van der Waals surface area contributed by atoms with Crippen molar-refractivity contribution in [1.82, 2.24) is 4.90 Å². The molecule has 1 amide bonds. The van der Waals surface area contributed by atoms with Gasteiger partial charge in [-0.15, -0.1) is 0 Å². The van der Waals surface area contributed by atoms with Gasteiger partial charge in [0.2, 0.25) is 5.91 Å². The number of rotatable bonds is 1. The largest absolute Gasteiger partial charge is 0.468 e. The maximum absolute atomic E-state index is 12.3. The molecule has 1 saturated heterocycles. The molecule has 0 radical (unpaired) electrons. The molecule has 0 aromatic heterocycles. The van der Waals surface area contributed by atoms with E-state index in [0.717, 1.165) is 31.4 Å². The van der Waals surface area contributed by atoms with Crippen molar-refractivity contribution in [2.45, 2.75) is 19.3 Å². The number of carbonyl (C=O) groups is 2. The summed E-state index contributed by atoms with van der Waals surface area (Å²) < 4.78 is 4.84. The van der Waals surface area contributed by atoms with Crippen LogP contribution in [0.15, 0.2) is 12.2 Å². The Hall–Kier alpha value is -1.32. The van der Waals surface area contributed by atoms with Crippen LogP contribution in [0.1, 0.15) is 19.3 Å². The predicted molar refractivity (Wildman–Crippen MR) is 58.6 cm³/mol. The Balaban J connectivity index is 2.49. The monoisotopic (exact) mass is 223 g/mol. The van der Waals surface area contributed by atoms with E-state index >= 15 is 0 Å². The molecule has 4 heteroatoms. The number of ether oxygens (including phenoxy) is 1. The molecule has 0 N–H and O–H groups in total. The second-order valence-electron chi connectivity index (χ2n) is 4.65. The van der Waals surface area contributed by atoms with Gasteiger partial charge in [-0.3, -0.25) is 9.59 Å². The van der Waals surface area contributed by atoms with Crippen LogP contribution in [-0.4, -0.2) is 37.5 Å². The molecule has 1 aliphatic carbocycles. The fraction of sp³-hybridized carbons (Fsp3) is 0.667. The van der Waals surface area contributed by atoms with Gasteiger partial charge in [0.15, 0.2) is 5.41 Å². The molecule has 1 heterocycles. The maximum atomic E-state index is 12.3. The van der Waals surface area contributed by atoms with Gasteiger partial charge in [-0.1, -0.05) is 12.2 Å². The third-order valence-electron chi connectivity index (χ3n) is 3.97. The molecule has 2 atom stereocenters. The summed E-state index contributed by atoms with van der Waals surface area (Å²) in [6, 6.07) is 0. The smallest absolute Gasteiger partial charge is 0.325 e. The second-order valence-corrected chi connectivity index (χ2v) is 4.65. The van der Waals surface area contributed by atoms with E-state index in [9.17, 15) is 9.59 Å². The van der Waals surface area contributed by atoms with Crippen LogP contribution in [-0.2, 0) is 14.3 Å². The molecule has 16 heavy (non-hydrogen) atoms. The van der Waals surface area contributed by atoms with Gasteiger partial charge in [-0.2, -0.15) is 0 Å². The molecule has 0 spiro atoms. The highest BCUT2D eigenvalue weighted by molar-refractivity contribution is 6.07. The number of nitrogens with zero attached hydrogens (tertiary/aromatic N) is 1. The van der Waals surface area contributed by atoms with Gasteiger partial charge >= 0.3 is 5.97 Å². The number of hydrogen-bond donors (Lipinski definition) is 0. The minimum atomic E-state index is -1.08. The molecule has 1 aliphatic heterocycles. The van der Waals surface area contributed by atoms with Gasteiger partial charge in [0.1, 0.15) is 0 Å². The lowest BCUT2D eigenvalue weighted by Gasteiger charge is -2.40. The van der Waals surface area contributed by atoms with Crippen LogP contribution in [0.3, 0.4) is 0 Å². The summed E-state index contributed by atoms with van der Waals surface area (Å²) >= 11 is 0. The van der Waals surface area contributed by atoms with Crippen LogP contribution in [0.2, 0.25) is 0 Å². The number of hydrogen-bond acceptors (Lipinski definition) is 3. The molecule has 4 nitrogen and oxygen atoms in total. The number of fused-ring (bicyclic) bond motifs is 1. The van der Waals surface area contributed by atoms with Gasteiger partial charge < -0.3 is 9.64 Å². The molecule has 2 fully saturated rings. The van der Waals surface area contributed by atoms with Crippen molar-refractivity contribution in [3.63, 3.8) is 0 Å². The highest BCUT2D eigenvalue weighted by Crippen LogP contribution is 2.52. The first kappa shape index (κ1) is 11.2. The van der Waals surface area contributed by atoms with E-state index in [1.54, 1.807) is 11.9 Å². The van der Waals surface area contributed by atoms with Crippen LogP contribution < -0.4 is 0 Å². The van der Waals surface area contributed by atoms with Crippen molar-refractivity contribution in [2.24, 2.45) is 11.3 Å². The molecular formula is C12H17NO3. The minimum Gasteiger partial charge on any atom is -0.468 e. The molecule has 0 bridgehead atoms. The van der Waals surface area contributed by atoms with E-state index in [1.807, 2.05) is 0 Å². The number of piperidine rings is 1. The third kappa shape index (κ3) is 1.16. The van der Waals surface area contributed by atoms with Crippen molar-refractivity contribution in [1.29, 1.82) is 0 Å². The summed E-state index contributed by atoms with van der Waals surface area (Å²) in [5, 5.41) is 0. The van der Waals surface area contributed by atoms with Crippen LogP contribution in [0.4, 0.5) is 0 Å². The van der Waals surface area contributed by atoms with Crippen LogP contribution >= 0.6 is 0 Å². The summed E-state index contributed by atoms with van der Waals surface area (Å²) in [6.45, 7) is 4.63. The average Bonchev–Trinajstić information content (AvgIpc) is 2.62. The van der Waals surface area contributed by atoms with E-state index in [2.05, 4.69) is 6.58 Å². The zero-order valence-corrected chi connectivity index (χ0v) is 9.78. The van der Waals surface area contributed by atoms with Gasteiger partial charge in [0, 0.05) is 13.6 Å². The van der Waals surface area contributed by atoms with E-state index in [-0.39, 0.29) is 11.8 Å². The normalized spacial score (nSPS) is 33.9. The molecule has 0 unspecified atom stereocenters. The summed E-state index contributed by atoms with van der Waals surface area (Å²) in [6.07, 6.45) is 2.48. The highest BCUT2D eigenvalue weighted by atomic mass is 16.5. The Morgan fingerprint density at radius 3 is 2.88 bits per heavy atom. The lowest BCUT2D eigenvalue weighted by Crippen LogP contribution is -2.55. The number of amides is 1. The predicted octanol–water partition coefficient (Wildman–Crippen LogP) is 0.974. The Morgan fingerprint density at radius 1 is 1.56 bits per heavy atom. The number of esters is 1. The summed E-state index contributed by atoms with van der Waals surface area (Å²) in [5.41, 5.74) is -0.359. The number of methoxy groups -OCH3 is 1. The Labute approximate surface area is 95.2 Å². The molecule has 1 saturated carbocycles. The lowest BCUT2D eigenvalue weighted by atomic mass is 9.70. The summed E-state index contributed by atoms with van der Waals surface area (Å²) in [7, 11) is 3.07. The maximum Gasteiger partial charge on any atom is 0.325 e. The quantitative estimate of drug-likeness (QED) is 0.378. The zero-order valence-electron chi connectivity index (χ0n) is 9.78. The molecule has 2 aliphatic rings. The topological polar surface area (TPSA) is 46.6 Å². The Morgan fingerprint density at radius 2 is 2.25 bits per heavy atom. The first-order chi connectivity index (χ1) is 7.55. The van der Waals surface area contributed by atoms with Gasteiger partial charge in [-0.25, -0.2) is 0 Å². The SMILES string of the molecule is C=C1CC[C@@H]2CCN(C)C(=O)[C@]12C(=O)OC. The van der Waals surface area contributed by atoms with E-state index in [1.165, 1.54) is 7.11 Å². The lowest BCUT2D eigenvalue weighted by molar-refractivity contribution is -0.165. The fourth-order valence-corrected chi connectivity index (χ4v) is 3.05. The van der Waals surface area contributed by atoms with Gasteiger partial charge in [0.05, 0.1) is 7.11 Å². The molecular weight excluding hydrogens is 206 g/mol. The minimum absolute atomic E-state index is 0.0798. The second kappa shape index (κ2) is 3.61. The van der Waals surface area contributed by atoms with Gasteiger partial charge in [-0.05, 0) is 25.2 Å². The van der Waals surface area contributed by atoms with Crippen molar-refractivity contribution >= 4 is 11.9 Å². The highest BCUT2D eigenvalue weighted by Gasteiger charge is 2.60. The first-order valence-electron chi connectivity index (χ1n) is 5.57. The van der Waals surface area contributed by atoms with Crippen molar-refractivity contribution < 1.29 is 14.3 Å². The molecule has 2 rings (SSSR count). The first-order valence-corrected chi connectivity index (χ1v) is 5.57. The third-order valence-corrected chi connectivity index (χ3v) is 3.97.